The summed E-state index contributed by atoms with van der Waals surface area (Å²) in [6.07, 6.45) is 4.85. The third-order valence-electron chi connectivity index (χ3n) is 9.41. The molecule has 1 saturated carbocycles. The first-order chi connectivity index (χ1) is 23.1. The number of rotatable bonds is 8. The van der Waals surface area contributed by atoms with Gasteiger partial charge in [-0.3, -0.25) is 19.1 Å². The summed E-state index contributed by atoms with van der Waals surface area (Å²) in [5, 5.41) is 0.0522. The molecule has 1 aliphatic heterocycles. The topological polar surface area (TPSA) is 96.0 Å². The Balaban J connectivity index is 1.27. The molecule has 1 aliphatic carbocycles. The van der Waals surface area contributed by atoms with E-state index in [1.54, 1.807) is 4.90 Å². The Hall–Kier alpha value is -4.32. The van der Waals surface area contributed by atoms with E-state index >= 15 is 0 Å². The Morgan fingerprint density at radius 2 is 1.75 bits per heavy atom. The minimum Gasteiger partial charge on any atom is -0.305 e. The first-order valence-corrected chi connectivity index (χ1v) is 16.8. The van der Waals surface area contributed by atoms with Crippen LogP contribution in [0.5, 0.6) is 0 Å². The maximum absolute atomic E-state index is 14.4. The first-order valence-electron chi connectivity index (χ1n) is 16.8. The Labute approximate surface area is 280 Å². The molecule has 11 heteroatoms. The minimum absolute atomic E-state index is 0.0331. The van der Waals surface area contributed by atoms with Gasteiger partial charge in [-0.25, -0.2) is 23.7 Å². The van der Waals surface area contributed by atoms with Gasteiger partial charge in [0.05, 0.1) is 23.8 Å². The molecule has 6 rings (SSSR count). The van der Waals surface area contributed by atoms with Crippen LogP contribution in [0.25, 0.3) is 27.8 Å². The maximum Gasteiger partial charge on any atom is 0.337 e. The molecule has 2 aromatic carbocycles. The number of pyridine rings is 1. The van der Waals surface area contributed by atoms with Gasteiger partial charge in [0.15, 0.2) is 5.65 Å². The third-order valence-corrected chi connectivity index (χ3v) is 9.41. The van der Waals surface area contributed by atoms with Crippen molar-refractivity contribution in [2.75, 3.05) is 53.9 Å². The highest BCUT2D eigenvalue weighted by atomic mass is 19.1. The van der Waals surface area contributed by atoms with Crippen molar-refractivity contribution in [2.45, 2.75) is 45.2 Å². The van der Waals surface area contributed by atoms with E-state index in [1.165, 1.54) is 21.1 Å². The largest absolute Gasteiger partial charge is 0.337 e. The lowest BCUT2D eigenvalue weighted by molar-refractivity contribution is -0.118. The van der Waals surface area contributed by atoms with Gasteiger partial charge in [-0.1, -0.05) is 36.4 Å². The summed E-state index contributed by atoms with van der Waals surface area (Å²) in [6.45, 7) is 5.70. The highest BCUT2D eigenvalue weighted by Crippen LogP contribution is 2.26. The van der Waals surface area contributed by atoms with E-state index < -0.39 is 17.1 Å². The van der Waals surface area contributed by atoms with E-state index in [2.05, 4.69) is 51.1 Å². The Morgan fingerprint density at radius 3 is 2.50 bits per heavy atom. The first kappa shape index (κ1) is 33.6. The van der Waals surface area contributed by atoms with Gasteiger partial charge in [0.2, 0.25) is 0 Å². The second-order valence-corrected chi connectivity index (χ2v) is 13.5. The monoisotopic (exact) mass is 653 g/mol. The van der Waals surface area contributed by atoms with Gasteiger partial charge in [0, 0.05) is 31.9 Å². The quantitative estimate of drug-likeness (QED) is 0.281. The normalized spacial score (nSPS) is 17.9. The van der Waals surface area contributed by atoms with Gasteiger partial charge >= 0.3 is 5.69 Å². The molecule has 3 heterocycles. The second-order valence-electron chi connectivity index (χ2n) is 13.5. The SMILES string of the molecule is CN(C)CC(=O)N=C1CCC(Cn2c(=O)c3cc(F)cnc3n(-c3cccc(-c4ccc(CN5CCCN(C)CC5)cc4)c3)c2=O)CC1. The Kier molecular flexibility index (Phi) is 10.4. The van der Waals surface area contributed by atoms with Gasteiger partial charge in [-0.05, 0) is 107 Å². The molecule has 4 aromatic rings. The van der Waals surface area contributed by atoms with E-state index in [4.69, 9.17) is 0 Å². The van der Waals surface area contributed by atoms with Crippen molar-refractivity contribution in [3.8, 4) is 16.8 Å². The number of benzene rings is 2. The van der Waals surface area contributed by atoms with Crippen LogP contribution in [0.1, 0.15) is 37.7 Å². The van der Waals surface area contributed by atoms with Crippen molar-refractivity contribution in [3.05, 3.63) is 93.0 Å². The molecule has 2 fully saturated rings. The predicted molar refractivity (Wildman–Crippen MR) is 187 cm³/mol. The average Bonchev–Trinajstić information content (AvgIpc) is 3.27. The number of fused-ring (bicyclic) bond motifs is 1. The molecule has 0 radical (unpaired) electrons. The van der Waals surface area contributed by atoms with Crippen molar-refractivity contribution in [1.29, 1.82) is 0 Å². The van der Waals surface area contributed by atoms with Gasteiger partial charge in [-0.15, -0.1) is 0 Å². The molecular formula is C37H44FN7O3. The Morgan fingerprint density at radius 1 is 0.979 bits per heavy atom. The number of nitrogens with zero attached hydrogens (tertiary/aromatic N) is 7. The minimum atomic E-state index is -0.640. The van der Waals surface area contributed by atoms with Crippen LogP contribution >= 0.6 is 0 Å². The van der Waals surface area contributed by atoms with E-state index in [1.807, 2.05) is 38.4 Å². The third kappa shape index (κ3) is 7.86. The fourth-order valence-corrected chi connectivity index (χ4v) is 6.79. The van der Waals surface area contributed by atoms with Gasteiger partial charge in [0.25, 0.3) is 11.5 Å². The lowest BCUT2D eigenvalue weighted by Crippen LogP contribution is -2.41. The van der Waals surface area contributed by atoms with E-state index in [0.29, 0.717) is 31.4 Å². The van der Waals surface area contributed by atoms with Crippen LogP contribution in [-0.4, -0.2) is 94.3 Å². The fourth-order valence-electron chi connectivity index (χ4n) is 6.79. The van der Waals surface area contributed by atoms with Crippen LogP contribution < -0.4 is 11.2 Å². The van der Waals surface area contributed by atoms with Gasteiger partial charge < -0.3 is 9.80 Å². The molecule has 1 saturated heterocycles. The summed E-state index contributed by atoms with van der Waals surface area (Å²) in [6, 6.07) is 17.3. The molecule has 2 aliphatic rings. The van der Waals surface area contributed by atoms with E-state index in [0.717, 1.165) is 61.8 Å². The number of halogens is 1. The number of carbonyl (C=O) groups excluding carboxylic acids is 1. The highest BCUT2D eigenvalue weighted by Gasteiger charge is 2.23. The number of aliphatic imine (C=N–C) groups is 1. The molecular weight excluding hydrogens is 609 g/mol. The summed E-state index contributed by atoms with van der Waals surface area (Å²) in [5.74, 6) is -0.778. The van der Waals surface area contributed by atoms with Crippen LogP contribution in [0.3, 0.4) is 0 Å². The summed E-state index contributed by atoms with van der Waals surface area (Å²) in [4.78, 5) is 55.1. The van der Waals surface area contributed by atoms with Crippen LogP contribution in [0.15, 0.2) is 75.4 Å². The zero-order chi connectivity index (χ0) is 33.8. The molecule has 0 atom stereocenters. The van der Waals surface area contributed by atoms with Crippen LogP contribution in [0.2, 0.25) is 0 Å². The maximum atomic E-state index is 14.4. The number of hydrogen-bond acceptors (Lipinski definition) is 7. The molecule has 1 amide bonds. The smallest absolute Gasteiger partial charge is 0.305 e. The van der Waals surface area contributed by atoms with Crippen LogP contribution in [0, 0.1) is 11.7 Å². The van der Waals surface area contributed by atoms with Gasteiger partial charge in [0.1, 0.15) is 5.82 Å². The summed E-state index contributed by atoms with van der Waals surface area (Å²) in [5.41, 5.74) is 3.63. The number of aromatic nitrogens is 3. The van der Waals surface area contributed by atoms with Crippen molar-refractivity contribution >= 4 is 22.7 Å². The summed E-state index contributed by atoms with van der Waals surface area (Å²) in [7, 11) is 5.83. The number of carbonyl (C=O) groups is 1. The standard InChI is InChI=1S/C37H44FN7O3/c1-41(2)25-34(46)40-31-14-10-27(11-15-31)24-44-36(47)33-21-30(38)22-39-35(33)45(37(44)48)32-7-4-6-29(20-32)28-12-8-26(9-13-28)23-43-17-5-16-42(3)18-19-43/h4,6-9,12-13,20-22,27H,5,10-11,14-19,23-25H2,1-3H3. The molecule has 48 heavy (non-hydrogen) atoms. The second kappa shape index (κ2) is 14.8. The lowest BCUT2D eigenvalue weighted by Gasteiger charge is -2.24. The van der Waals surface area contributed by atoms with Gasteiger partial charge in [-0.2, -0.15) is 0 Å². The van der Waals surface area contributed by atoms with E-state index in [-0.39, 0.29) is 35.9 Å². The van der Waals surface area contributed by atoms with Crippen molar-refractivity contribution < 1.29 is 9.18 Å². The number of likely N-dealkylation sites (N-methyl/N-ethyl adjacent to an activating group) is 2. The Bertz CT molecular complexity index is 1920. The molecule has 0 unspecified atom stereocenters. The average molecular weight is 654 g/mol. The van der Waals surface area contributed by atoms with Crippen LogP contribution in [0.4, 0.5) is 4.39 Å². The predicted octanol–water partition coefficient (Wildman–Crippen LogP) is 4.21. The van der Waals surface area contributed by atoms with Crippen LogP contribution in [-0.2, 0) is 17.9 Å². The summed E-state index contributed by atoms with van der Waals surface area (Å²) >= 11 is 0. The molecule has 10 nitrogen and oxygen atoms in total. The summed E-state index contributed by atoms with van der Waals surface area (Å²) < 4.78 is 17.1. The molecule has 252 valence electrons. The number of hydrogen-bond donors (Lipinski definition) is 0. The zero-order valence-electron chi connectivity index (χ0n) is 28.1. The van der Waals surface area contributed by atoms with Crippen molar-refractivity contribution in [2.24, 2.45) is 10.9 Å². The highest BCUT2D eigenvalue weighted by molar-refractivity contribution is 5.96. The molecule has 0 N–H and O–H groups in total. The van der Waals surface area contributed by atoms with Crippen molar-refractivity contribution in [3.63, 3.8) is 0 Å². The fraction of sp³-hybridized carbons (Fsp3) is 0.432. The zero-order valence-corrected chi connectivity index (χ0v) is 28.1. The van der Waals surface area contributed by atoms with E-state index in [9.17, 15) is 18.8 Å². The molecule has 2 aromatic heterocycles. The molecule has 0 spiro atoms. The number of amides is 1. The lowest BCUT2D eigenvalue weighted by atomic mass is 9.87. The van der Waals surface area contributed by atoms with Crippen molar-refractivity contribution in [1.82, 2.24) is 28.8 Å². The molecule has 0 bridgehead atoms.